The van der Waals surface area contributed by atoms with Crippen LogP contribution in [0.25, 0.3) is 11.5 Å². The number of nitrogens with zero attached hydrogens (tertiary/aromatic N) is 2. The molecule has 154 valence electrons. The van der Waals surface area contributed by atoms with Gasteiger partial charge in [0.2, 0.25) is 11.8 Å². The summed E-state index contributed by atoms with van der Waals surface area (Å²) in [7, 11) is 0. The summed E-state index contributed by atoms with van der Waals surface area (Å²) in [5.74, 6) is 1.04. The maximum Gasteiger partial charge on any atom is 0.239 e. The Balaban J connectivity index is 0.00000392. The van der Waals surface area contributed by atoms with Crippen LogP contribution in [0.4, 0.5) is 0 Å². The predicted molar refractivity (Wildman–Crippen MR) is 123 cm³/mol. The molecule has 1 aromatic heterocycles. The van der Waals surface area contributed by atoms with Crippen molar-refractivity contribution < 1.29 is 9.21 Å². The standard InChI is InChI=1S/C20H29N5O2.HI/c1-6-21-19(23-12-17(26)25-20(3,4)5)22-11-16-13-27-18(24-16)15-9-7-14(2)8-10-15;/h7-10,13H,6,11-12H2,1-5H3,(H,25,26)(H2,21,22,23);1H. The van der Waals surface area contributed by atoms with Crippen molar-refractivity contribution in [2.24, 2.45) is 4.99 Å². The van der Waals surface area contributed by atoms with E-state index in [2.05, 4.69) is 25.9 Å². The van der Waals surface area contributed by atoms with Crippen LogP contribution in [-0.4, -0.2) is 35.5 Å². The topological polar surface area (TPSA) is 91.6 Å². The number of oxazole rings is 1. The molecule has 0 saturated heterocycles. The first-order valence-electron chi connectivity index (χ1n) is 9.11. The van der Waals surface area contributed by atoms with Crippen LogP contribution in [0.5, 0.6) is 0 Å². The Kier molecular flexibility index (Phi) is 9.44. The van der Waals surface area contributed by atoms with Gasteiger partial charge in [0, 0.05) is 17.6 Å². The second kappa shape index (κ2) is 11.0. The zero-order valence-electron chi connectivity index (χ0n) is 17.1. The Hall–Kier alpha value is -2.10. The summed E-state index contributed by atoms with van der Waals surface area (Å²) in [6.45, 7) is 11.0. The SMILES string of the molecule is CCNC(=NCc1coc(-c2ccc(C)cc2)n1)NCC(=O)NC(C)(C)C.I. The van der Waals surface area contributed by atoms with Crippen molar-refractivity contribution in [3.63, 3.8) is 0 Å². The van der Waals surface area contributed by atoms with Crippen LogP contribution >= 0.6 is 24.0 Å². The number of hydrogen-bond acceptors (Lipinski definition) is 4. The Morgan fingerprint density at radius 3 is 2.46 bits per heavy atom. The number of hydrogen-bond donors (Lipinski definition) is 3. The largest absolute Gasteiger partial charge is 0.444 e. The van der Waals surface area contributed by atoms with E-state index in [1.54, 1.807) is 6.26 Å². The van der Waals surface area contributed by atoms with Crippen molar-refractivity contribution in [2.75, 3.05) is 13.1 Å². The van der Waals surface area contributed by atoms with Gasteiger partial charge in [-0.25, -0.2) is 9.98 Å². The van der Waals surface area contributed by atoms with Crippen molar-refractivity contribution in [2.45, 2.75) is 46.7 Å². The third kappa shape index (κ3) is 8.28. The van der Waals surface area contributed by atoms with Crippen molar-refractivity contribution in [3.05, 3.63) is 41.8 Å². The molecule has 2 rings (SSSR count). The first-order chi connectivity index (χ1) is 12.8. The highest BCUT2D eigenvalue weighted by atomic mass is 127. The van der Waals surface area contributed by atoms with Gasteiger partial charge < -0.3 is 20.4 Å². The minimum atomic E-state index is -0.263. The van der Waals surface area contributed by atoms with Crippen LogP contribution in [0.1, 0.15) is 39.0 Å². The number of nitrogens with one attached hydrogen (secondary N) is 3. The molecular weight excluding hydrogens is 469 g/mol. The molecule has 1 aromatic carbocycles. The average molecular weight is 499 g/mol. The van der Waals surface area contributed by atoms with Gasteiger partial charge in [-0.3, -0.25) is 4.79 Å². The van der Waals surface area contributed by atoms with Crippen LogP contribution in [0.15, 0.2) is 39.9 Å². The molecule has 28 heavy (non-hydrogen) atoms. The molecule has 1 amide bonds. The molecule has 0 unspecified atom stereocenters. The predicted octanol–water partition coefficient (Wildman–Crippen LogP) is 3.24. The lowest BCUT2D eigenvalue weighted by Crippen LogP contribution is -2.48. The Labute approximate surface area is 183 Å². The highest BCUT2D eigenvalue weighted by Gasteiger charge is 2.13. The maximum atomic E-state index is 11.9. The van der Waals surface area contributed by atoms with Crippen LogP contribution in [-0.2, 0) is 11.3 Å². The quantitative estimate of drug-likeness (QED) is 0.323. The molecule has 0 atom stereocenters. The summed E-state index contributed by atoms with van der Waals surface area (Å²) in [6, 6.07) is 8.00. The number of aromatic nitrogens is 1. The van der Waals surface area contributed by atoms with Gasteiger partial charge in [0.25, 0.3) is 0 Å². The van der Waals surface area contributed by atoms with E-state index in [0.717, 1.165) is 11.3 Å². The zero-order chi connectivity index (χ0) is 19.9. The number of guanidine groups is 1. The monoisotopic (exact) mass is 499 g/mol. The molecular formula is C20H30IN5O2. The molecule has 0 fully saturated rings. The minimum Gasteiger partial charge on any atom is -0.444 e. The van der Waals surface area contributed by atoms with Crippen LogP contribution in [0.3, 0.4) is 0 Å². The normalized spacial score (nSPS) is 11.5. The van der Waals surface area contributed by atoms with Crippen LogP contribution < -0.4 is 16.0 Å². The number of aliphatic imine (C=N–C) groups is 1. The van der Waals surface area contributed by atoms with Gasteiger partial charge in [-0.15, -0.1) is 24.0 Å². The van der Waals surface area contributed by atoms with Gasteiger partial charge in [0.05, 0.1) is 13.1 Å². The molecule has 3 N–H and O–H groups in total. The van der Waals surface area contributed by atoms with E-state index in [0.29, 0.717) is 24.9 Å². The van der Waals surface area contributed by atoms with Crippen LogP contribution in [0, 0.1) is 6.92 Å². The number of carbonyl (C=O) groups is 1. The Bertz CT molecular complexity index is 779. The fourth-order valence-electron chi connectivity index (χ4n) is 2.34. The highest BCUT2D eigenvalue weighted by Crippen LogP contribution is 2.19. The summed E-state index contributed by atoms with van der Waals surface area (Å²) >= 11 is 0. The number of carbonyl (C=O) groups excluding carboxylic acids is 1. The average Bonchev–Trinajstić information content (AvgIpc) is 3.05. The second-order valence-corrected chi connectivity index (χ2v) is 7.36. The minimum absolute atomic E-state index is 0. The highest BCUT2D eigenvalue weighted by molar-refractivity contribution is 14.0. The first kappa shape index (κ1) is 23.9. The number of benzene rings is 1. The molecule has 0 radical (unpaired) electrons. The number of halogens is 1. The fraction of sp³-hybridized carbons (Fsp3) is 0.450. The van der Waals surface area contributed by atoms with Gasteiger partial charge in [0.1, 0.15) is 12.0 Å². The lowest BCUT2D eigenvalue weighted by molar-refractivity contribution is -0.121. The molecule has 0 aliphatic heterocycles. The van der Waals surface area contributed by atoms with Gasteiger partial charge in [-0.05, 0) is 46.8 Å². The van der Waals surface area contributed by atoms with Crippen molar-refractivity contribution >= 4 is 35.8 Å². The van der Waals surface area contributed by atoms with E-state index in [-0.39, 0.29) is 42.0 Å². The summed E-state index contributed by atoms with van der Waals surface area (Å²) in [6.07, 6.45) is 1.61. The summed E-state index contributed by atoms with van der Waals surface area (Å²) in [5, 5.41) is 9.05. The first-order valence-corrected chi connectivity index (χ1v) is 9.11. The molecule has 1 heterocycles. The van der Waals surface area contributed by atoms with Crippen molar-refractivity contribution in [1.82, 2.24) is 20.9 Å². The van der Waals surface area contributed by atoms with Gasteiger partial charge >= 0.3 is 0 Å². The van der Waals surface area contributed by atoms with Gasteiger partial charge in [-0.2, -0.15) is 0 Å². The van der Waals surface area contributed by atoms with E-state index in [1.807, 2.05) is 58.9 Å². The van der Waals surface area contributed by atoms with Crippen molar-refractivity contribution in [3.8, 4) is 11.5 Å². The molecule has 0 aliphatic carbocycles. The molecule has 0 bridgehead atoms. The Morgan fingerprint density at radius 2 is 1.86 bits per heavy atom. The number of aryl methyl sites for hydroxylation is 1. The van der Waals surface area contributed by atoms with E-state index in [4.69, 9.17) is 4.42 Å². The molecule has 8 heteroatoms. The summed E-state index contributed by atoms with van der Waals surface area (Å²) in [5.41, 5.74) is 2.58. The van der Waals surface area contributed by atoms with Gasteiger partial charge in [-0.1, -0.05) is 17.7 Å². The van der Waals surface area contributed by atoms with E-state index in [9.17, 15) is 4.79 Å². The summed E-state index contributed by atoms with van der Waals surface area (Å²) < 4.78 is 5.55. The van der Waals surface area contributed by atoms with E-state index < -0.39 is 0 Å². The van der Waals surface area contributed by atoms with Crippen LogP contribution in [0.2, 0.25) is 0 Å². The second-order valence-electron chi connectivity index (χ2n) is 7.36. The zero-order valence-corrected chi connectivity index (χ0v) is 19.5. The van der Waals surface area contributed by atoms with E-state index >= 15 is 0 Å². The third-order valence-electron chi connectivity index (χ3n) is 3.52. The number of amides is 1. The van der Waals surface area contributed by atoms with Gasteiger partial charge in [0.15, 0.2) is 5.96 Å². The molecule has 0 aliphatic rings. The van der Waals surface area contributed by atoms with Crippen molar-refractivity contribution in [1.29, 1.82) is 0 Å². The van der Waals surface area contributed by atoms with E-state index in [1.165, 1.54) is 5.56 Å². The number of rotatable bonds is 6. The lowest BCUT2D eigenvalue weighted by atomic mass is 10.1. The third-order valence-corrected chi connectivity index (χ3v) is 3.52. The molecule has 2 aromatic rings. The lowest BCUT2D eigenvalue weighted by Gasteiger charge is -2.21. The smallest absolute Gasteiger partial charge is 0.239 e. The summed E-state index contributed by atoms with van der Waals surface area (Å²) in [4.78, 5) is 20.9. The fourth-order valence-corrected chi connectivity index (χ4v) is 2.34. The Morgan fingerprint density at radius 1 is 1.18 bits per heavy atom. The molecule has 7 nitrogen and oxygen atoms in total. The molecule has 0 saturated carbocycles. The maximum absolute atomic E-state index is 11.9. The molecule has 0 spiro atoms.